The molecule has 2 rings (SSSR count). The van der Waals surface area contributed by atoms with Gasteiger partial charge in [0, 0.05) is 37.5 Å². The van der Waals surface area contributed by atoms with Gasteiger partial charge in [-0.15, -0.1) is 0 Å². The van der Waals surface area contributed by atoms with Crippen molar-refractivity contribution in [1.82, 2.24) is 14.8 Å². The molecule has 1 aliphatic rings. The molecule has 1 fully saturated rings. The average molecular weight is 292 g/mol. The molecule has 0 aromatic carbocycles. The molecule has 1 aromatic rings. The summed E-state index contributed by atoms with van der Waals surface area (Å²) in [6.45, 7) is 3.31. The first-order valence-corrected chi connectivity index (χ1v) is 7.80. The topological polar surface area (TPSA) is 65.6 Å². The molecule has 0 saturated carbocycles. The van der Waals surface area contributed by atoms with E-state index in [4.69, 9.17) is 10.8 Å². The van der Waals surface area contributed by atoms with E-state index in [9.17, 15) is 0 Å². The molecule has 5 heteroatoms. The number of likely N-dealkylation sites (tertiary alicyclic amines) is 1. The summed E-state index contributed by atoms with van der Waals surface area (Å²) in [6.07, 6.45) is 4.88. The lowest BCUT2D eigenvalue weighted by Gasteiger charge is -2.41. The summed E-state index contributed by atoms with van der Waals surface area (Å²) < 4.78 is 0. The molecular formula is C16H28N4O. The number of aliphatic hydroxyl groups is 1. The summed E-state index contributed by atoms with van der Waals surface area (Å²) in [4.78, 5) is 8.97. The largest absolute Gasteiger partial charge is 0.396 e. The second-order valence-electron chi connectivity index (χ2n) is 6.23. The minimum absolute atomic E-state index is 0.284. The van der Waals surface area contributed by atoms with Crippen molar-refractivity contribution < 1.29 is 5.11 Å². The van der Waals surface area contributed by atoms with Crippen LogP contribution in [0.15, 0.2) is 18.3 Å². The lowest BCUT2D eigenvalue weighted by atomic mass is 9.87. The summed E-state index contributed by atoms with van der Waals surface area (Å²) in [5.41, 5.74) is 7.06. The number of hydrogen-bond acceptors (Lipinski definition) is 5. The van der Waals surface area contributed by atoms with E-state index in [0.29, 0.717) is 17.8 Å². The Morgan fingerprint density at radius 2 is 2.29 bits per heavy atom. The highest BCUT2D eigenvalue weighted by molar-refractivity contribution is 5.38. The average Bonchev–Trinajstić information content (AvgIpc) is 2.47. The molecule has 1 aromatic heterocycles. The molecule has 0 aliphatic carbocycles. The van der Waals surface area contributed by atoms with Crippen molar-refractivity contribution in [2.24, 2.45) is 5.92 Å². The van der Waals surface area contributed by atoms with Crippen LogP contribution in [0.3, 0.4) is 0 Å². The molecule has 1 aliphatic heterocycles. The lowest BCUT2D eigenvalue weighted by Crippen LogP contribution is -2.48. The summed E-state index contributed by atoms with van der Waals surface area (Å²) >= 11 is 0. The summed E-state index contributed by atoms with van der Waals surface area (Å²) in [5.74, 6) is 1.25. The van der Waals surface area contributed by atoms with Crippen LogP contribution in [0, 0.1) is 5.92 Å². The highest BCUT2D eigenvalue weighted by atomic mass is 16.2. The zero-order valence-electron chi connectivity index (χ0n) is 13.2. The number of aromatic nitrogens is 1. The van der Waals surface area contributed by atoms with E-state index in [2.05, 4.69) is 34.9 Å². The van der Waals surface area contributed by atoms with E-state index in [-0.39, 0.29) is 6.61 Å². The zero-order valence-corrected chi connectivity index (χ0v) is 13.2. The van der Waals surface area contributed by atoms with Crippen LogP contribution in [-0.4, -0.2) is 59.7 Å². The van der Waals surface area contributed by atoms with Gasteiger partial charge in [0.25, 0.3) is 0 Å². The van der Waals surface area contributed by atoms with Crippen LogP contribution in [0.4, 0.5) is 5.82 Å². The van der Waals surface area contributed by atoms with E-state index >= 15 is 0 Å². The fraction of sp³-hybridized carbons (Fsp3) is 0.688. The number of nitrogen functional groups attached to an aromatic ring is 1. The van der Waals surface area contributed by atoms with Gasteiger partial charge in [-0.3, -0.25) is 4.90 Å². The third-order valence-electron chi connectivity index (χ3n) is 4.49. The molecule has 21 heavy (non-hydrogen) atoms. The molecule has 3 N–H and O–H groups in total. The van der Waals surface area contributed by atoms with Gasteiger partial charge in [-0.2, -0.15) is 0 Å². The zero-order chi connectivity index (χ0) is 15.2. The highest BCUT2D eigenvalue weighted by Gasteiger charge is 2.30. The Hall–Kier alpha value is -1.17. The van der Waals surface area contributed by atoms with Crippen molar-refractivity contribution in [3.8, 4) is 0 Å². The van der Waals surface area contributed by atoms with Crippen molar-refractivity contribution in [1.29, 1.82) is 0 Å². The Morgan fingerprint density at radius 3 is 2.95 bits per heavy atom. The van der Waals surface area contributed by atoms with Crippen LogP contribution in [0.2, 0.25) is 0 Å². The smallest absolute Gasteiger partial charge is 0.127 e. The summed E-state index contributed by atoms with van der Waals surface area (Å²) in [7, 11) is 4.32. The first kappa shape index (κ1) is 16.2. The number of aliphatic hydroxyl groups excluding tert-OH is 1. The van der Waals surface area contributed by atoms with Gasteiger partial charge in [-0.05, 0) is 51.9 Å². The highest BCUT2D eigenvalue weighted by Crippen LogP contribution is 2.26. The molecule has 0 amide bonds. The molecule has 2 atom stereocenters. The van der Waals surface area contributed by atoms with Crippen molar-refractivity contribution in [3.05, 3.63) is 23.9 Å². The fourth-order valence-corrected chi connectivity index (χ4v) is 3.38. The maximum Gasteiger partial charge on any atom is 0.127 e. The van der Waals surface area contributed by atoms with Crippen LogP contribution < -0.4 is 5.73 Å². The van der Waals surface area contributed by atoms with Crippen molar-refractivity contribution in [2.45, 2.75) is 31.8 Å². The third kappa shape index (κ3) is 4.40. The number of rotatable bonds is 6. The van der Waals surface area contributed by atoms with Crippen LogP contribution in [0.5, 0.6) is 0 Å². The monoisotopic (exact) mass is 292 g/mol. The molecular weight excluding hydrogens is 264 g/mol. The first-order valence-electron chi connectivity index (χ1n) is 7.80. The van der Waals surface area contributed by atoms with Gasteiger partial charge < -0.3 is 15.7 Å². The molecule has 0 bridgehead atoms. The van der Waals surface area contributed by atoms with Crippen LogP contribution in [0.1, 0.15) is 24.8 Å². The van der Waals surface area contributed by atoms with Crippen LogP contribution in [0.25, 0.3) is 0 Å². The van der Waals surface area contributed by atoms with Gasteiger partial charge in [0.15, 0.2) is 0 Å². The normalized spacial score (nSPS) is 23.6. The summed E-state index contributed by atoms with van der Waals surface area (Å²) in [5, 5.41) is 9.11. The van der Waals surface area contributed by atoms with E-state index in [0.717, 1.165) is 38.0 Å². The van der Waals surface area contributed by atoms with Crippen molar-refractivity contribution in [3.63, 3.8) is 0 Å². The Morgan fingerprint density at radius 1 is 1.48 bits per heavy atom. The number of hydrogen-bond donors (Lipinski definition) is 2. The lowest BCUT2D eigenvalue weighted by molar-refractivity contribution is 0.0718. The SMILES string of the molecule is CN(C)[C@H]1CCN(Cc2cccnc2N)C[C@H]1CCCO. The molecule has 0 spiro atoms. The predicted octanol–water partition coefficient (Wildman–Crippen LogP) is 1.19. The maximum atomic E-state index is 9.11. The Bertz CT molecular complexity index is 438. The number of nitrogens with two attached hydrogens (primary N) is 1. The molecule has 0 unspecified atom stereocenters. The standard InChI is InChI=1S/C16H28N4O/c1-19(2)15-7-9-20(11-13(15)6-4-10-21)12-14-5-3-8-18-16(14)17/h3,5,8,13,15,21H,4,6-7,9-12H2,1-2H3,(H2,17,18)/t13-,15+/m1/s1. The van der Waals surface area contributed by atoms with E-state index < -0.39 is 0 Å². The van der Waals surface area contributed by atoms with E-state index in [1.165, 1.54) is 6.42 Å². The van der Waals surface area contributed by atoms with Gasteiger partial charge in [-0.1, -0.05) is 6.07 Å². The van der Waals surface area contributed by atoms with Crippen molar-refractivity contribution in [2.75, 3.05) is 39.5 Å². The van der Waals surface area contributed by atoms with Crippen LogP contribution in [-0.2, 0) is 6.54 Å². The molecule has 1 saturated heterocycles. The minimum atomic E-state index is 0.284. The quantitative estimate of drug-likeness (QED) is 0.824. The van der Waals surface area contributed by atoms with E-state index in [1.54, 1.807) is 6.20 Å². The Kier molecular flexibility index (Phi) is 5.96. The van der Waals surface area contributed by atoms with Gasteiger partial charge in [0.2, 0.25) is 0 Å². The maximum absolute atomic E-state index is 9.11. The molecule has 2 heterocycles. The van der Waals surface area contributed by atoms with Gasteiger partial charge >= 0.3 is 0 Å². The Labute approximate surface area is 127 Å². The van der Waals surface area contributed by atoms with Gasteiger partial charge in [-0.25, -0.2) is 4.98 Å². The molecule has 5 nitrogen and oxygen atoms in total. The van der Waals surface area contributed by atoms with Crippen LogP contribution >= 0.6 is 0 Å². The van der Waals surface area contributed by atoms with Crippen molar-refractivity contribution >= 4 is 5.82 Å². The number of anilines is 1. The molecule has 0 radical (unpaired) electrons. The predicted molar refractivity (Wildman–Crippen MR) is 85.8 cm³/mol. The number of pyridine rings is 1. The summed E-state index contributed by atoms with van der Waals surface area (Å²) in [6, 6.07) is 4.61. The molecule has 118 valence electrons. The first-order chi connectivity index (χ1) is 10.1. The van der Waals surface area contributed by atoms with E-state index in [1.807, 2.05) is 6.07 Å². The third-order valence-corrected chi connectivity index (χ3v) is 4.49. The van der Waals surface area contributed by atoms with Gasteiger partial charge in [0.05, 0.1) is 0 Å². The second-order valence-corrected chi connectivity index (χ2v) is 6.23. The second kappa shape index (κ2) is 7.73. The fourth-order valence-electron chi connectivity index (χ4n) is 3.38. The minimum Gasteiger partial charge on any atom is -0.396 e. The number of piperidine rings is 1. The number of nitrogens with zero attached hydrogens (tertiary/aromatic N) is 3. The van der Waals surface area contributed by atoms with Gasteiger partial charge in [0.1, 0.15) is 5.82 Å². The Balaban J connectivity index is 1.98.